The van der Waals surface area contributed by atoms with Crippen molar-refractivity contribution in [1.29, 1.82) is 0 Å². The third-order valence-electron chi connectivity index (χ3n) is 3.52. The summed E-state index contributed by atoms with van der Waals surface area (Å²) in [5.74, 6) is -0.375. The van der Waals surface area contributed by atoms with E-state index in [1.165, 1.54) is 29.5 Å². The maximum absolute atomic E-state index is 13.3. The van der Waals surface area contributed by atoms with Gasteiger partial charge in [-0.1, -0.05) is 29.8 Å². The lowest BCUT2D eigenvalue weighted by Gasteiger charge is -2.11. The molecule has 0 atom stereocenters. The number of amides is 1. The van der Waals surface area contributed by atoms with Crippen LogP contribution in [0.1, 0.15) is 12.6 Å². The fourth-order valence-electron chi connectivity index (χ4n) is 2.38. The zero-order valence-electron chi connectivity index (χ0n) is 14.0. The number of hydrogen-bond acceptors (Lipinski definition) is 4. The Bertz CT molecular complexity index is 929. The highest BCUT2D eigenvalue weighted by molar-refractivity contribution is 7.13. The summed E-state index contributed by atoms with van der Waals surface area (Å²) in [5, 5.41) is 5.94. The highest BCUT2D eigenvalue weighted by Crippen LogP contribution is 2.30. The summed E-state index contributed by atoms with van der Waals surface area (Å²) in [7, 11) is 0. The van der Waals surface area contributed by atoms with E-state index in [1.807, 2.05) is 23.6 Å². The quantitative estimate of drug-likeness (QED) is 0.630. The Balaban J connectivity index is 1.71. The molecule has 1 amide bonds. The number of ether oxygens (including phenoxy) is 1. The number of halogens is 2. The maximum atomic E-state index is 13.3. The van der Waals surface area contributed by atoms with Gasteiger partial charge in [-0.25, -0.2) is 9.37 Å². The van der Waals surface area contributed by atoms with Crippen LogP contribution in [0.25, 0.3) is 10.6 Å². The topological polar surface area (TPSA) is 51.2 Å². The Morgan fingerprint density at radius 1 is 1.31 bits per heavy atom. The molecule has 0 unspecified atom stereocenters. The summed E-state index contributed by atoms with van der Waals surface area (Å²) in [6.45, 7) is 2.17. The third kappa shape index (κ3) is 4.39. The molecular weight excluding hydrogens is 375 g/mol. The molecule has 1 N–H and O–H groups in total. The number of hydrogen-bond donors (Lipinski definition) is 1. The van der Waals surface area contributed by atoms with Gasteiger partial charge in [-0.15, -0.1) is 11.3 Å². The van der Waals surface area contributed by atoms with Crippen LogP contribution in [0.15, 0.2) is 47.8 Å². The van der Waals surface area contributed by atoms with Crippen LogP contribution in [0.2, 0.25) is 5.02 Å². The molecule has 2 aromatic carbocycles. The normalized spacial score (nSPS) is 10.6. The number of nitrogens with zero attached hydrogens (tertiary/aromatic N) is 1. The molecule has 0 saturated carbocycles. The Hall–Kier alpha value is -2.44. The minimum Gasteiger partial charge on any atom is -0.492 e. The molecule has 0 aliphatic heterocycles. The zero-order chi connectivity index (χ0) is 18.5. The molecule has 1 heterocycles. The van der Waals surface area contributed by atoms with Crippen LogP contribution >= 0.6 is 22.9 Å². The van der Waals surface area contributed by atoms with Crippen molar-refractivity contribution in [3.05, 3.63) is 64.4 Å². The molecule has 0 bridgehead atoms. The lowest BCUT2D eigenvalue weighted by atomic mass is 10.2. The number of rotatable bonds is 6. The van der Waals surface area contributed by atoms with E-state index in [0.29, 0.717) is 28.8 Å². The lowest BCUT2D eigenvalue weighted by molar-refractivity contribution is -0.115. The number of carbonyl (C=O) groups excluding carboxylic acids is 1. The van der Waals surface area contributed by atoms with E-state index in [2.05, 4.69) is 10.3 Å². The van der Waals surface area contributed by atoms with Gasteiger partial charge in [0.2, 0.25) is 5.91 Å². The zero-order valence-corrected chi connectivity index (χ0v) is 15.5. The largest absolute Gasteiger partial charge is 0.492 e. The van der Waals surface area contributed by atoms with E-state index in [4.69, 9.17) is 16.3 Å². The molecule has 134 valence electrons. The van der Waals surface area contributed by atoms with Crippen LogP contribution in [0.3, 0.4) is 0 Å². The highest BCUT2D eigenvalue weighted by atomic mass is 35.5. The van der Waals surface area contributed by atoms with Gasteiger partial charge in [0.25, 0.3) is 0 Å². The van der Waals surface area contributed by atoms with Gasteiger partial charge in [0, 0.05) is 17.0 Å². The summed E-state index contributed by atoms with van der Waals surface area (Å²) >= 11 is 7.61. The Kier molecular flexibility index (Phi) is 5.85. The van der Waals surface area contributed by atoms with E-state index in [9.17, 15) is 9.18 Å². The Morgan fingerprint density at radius 3 is 2.88 bits per heavy atom. The number of anilines is 1. The highest BCUT2D eigenvalue weighted by Gasteiger charge is 2.13. The van der Waals surface area contributed by atoms with Crippen LogP contribution in [-0.4, -0.2) is 17.5 Å². The van der Waals surface area contributed by atoms with Crippen molar-refractivity contribution in [2.75, 3.05) is 11.9 Å². The fourth-order valence-corrected chi connectivity index (χ4v) is 3.52. The van der Waals surface area contributed by atoms with E-state index >= 15 is 0 Å². The first-order chi connectivity index (χ1) is 12.6. The number of carbonyl (C=O) groups is 1. The second-order valence-corrected chi connectivity index (χ2v) is 6.69. The smallest absolute Gasteiger partial charge is 0.230 e. The molecule has 0 aliphatic rings. The van der Waals surface area contributed by atoms with Gasteiger partial charge in [0.05, 0.1) is 29.4 Å². The van der Waals surface area contributed by atoms with Gasteiger partial charge in [0.1, 0.15) is 16.6 Å². The average molecular weight is 391 g/mol. The van der Waals surface area contributed by atoms with Gasteiger partial charge >= 0.3 is 0 Å². The van der Waals surface area contributed by atoms with Crippen molar-refractivity contribution < 1.29 is 13.9 Å². The first-order valence-electron chi connectivity index (χ1n) is 7.98. The summed E-state index contributed by atoms with van der Waals surface area (Å²) in [4.78, 5) is 16.8. The maximum Gasteiger partial charge on any atom is 0.230 e. The molecule has 26 heavy (non-hydrogen) atoms. The summed E-state index contributed by atoms with van der Waals surface area (Å²) in [6, 6.07) is 11.4. The van der Waals surface area contributed by atoms with Gasteiger partial charge in [-0.3, -0.25) is 4.79 Å². The van der Waals surface area contributed by atoms with Crippen molar-refractivity contribution in [2.45, 2.75) is 13.3 Å². The molecule has 0 radical (unpaired) electrons. The van der Waals surface area contributed by atoms with Crippen molar-refractivity contribution in [3.63, 3.8) is 0 Å². The second kappa shape index (κ2) is 8.29. The number of aromatic nitrogens is 1. The van der Waals surface area contributed by atoms with E-state index in [1.54, 1.807) is 13.0 Å². The van der Waals surface area contributed by atoms with Crippen molar-refractivity contribution in [3.8, 4) is 16.3 Å². The van der Waals surface area contributed by atoms with E-state index in [-0.39, 0.29) is 12.3 Å². The predicted octanol–water partition coefficient (Wildman–Crippen LogP) is 5.18. The molecule has 7 heteroatoms. The van der Waals surface area contributed by atoms with Crippen LogP contribution < -0.4 is 10.1 Å². The molecular formula is C19H16ClFN2O2S. The van der Waals surface area contributed by atoms with Crippen molar-refractivity contribution >= 4 is 34.5 Å². The molecule has 1 aromatic heterocycles. The fraction of sp³-hybridized carbons (Fsp3) is 0.158. The lowest BCUT2D eigenvalue weighted by Crippen LogP contribution is -2.15. The molecule has 0 spiro atoms. The number of thiazole rings is 1. The first kappa shape index (κ1) is 18.4. The van der Waals surface area contributed by atoms with Gasteiger partial charge < -0.3 is 10.1 Å². The molecule has 0 fully saturated rings. The van der Waals surface area contributed by atoms with Crippen molar-refractivity contribution in [2.24, 2.45) is 0 Å². The van der Waals surface area contributed by atoms with Gasteiger partial charge in [-0.2, -0.15) is 0 Å². The standard InChI is InChI=1S/C19H16ClFN2O2S/c1-2-25-17-9-12(21)7-8-16(17)23-18(24)10-13-11-26-19(22-13)14-5-3-4-6-15(14)20/h3-9,11H,2,10H2,1H3,(H,23,24). The third-order valence-corrected chi connectivity index (χ3v) is 4.77. The minimum absolute atomic E-state index is 0.101. The van der Waals surface area contributed by atoms with Crippen LogP contribution in [0.4, 0.5) is 10.1 Å². The first-order valence-corrected chi connectivity index (χ1v) is 9.24. The summed E-state index contributed by atoms with van der Waals surface area (Å²) < 4.78 is 18.7. The van der Waals surface area contributed by atoms with Crippen LogP contribution in [0, 0.1) is 5.82 Å². The molecule has 3 aromatic rings. The van der Waals surface area contributed by atoms with Gasteiger partial charge in [0.15, 0.2) is 0 Å². The van der Waals surface area contributed by atoms with Crippen LogP contribution in [-0.2, 0) is 11.2 Å². The van der Waals surface area contributed by atoms with Gasteiger partial charge in [-0.05, 0) is 25.1 Å². The number of nitrogens with one attached hydrogen (secondary N) is 1. The Labute approximate surface area is 159 Å². The van der Waals surface area contributed by atoms with E-state index < -0.39 is 5.82 Å². The SMILES string of the molecule is CCOc1cc(F)ccc1NC(=O)Cc1csc(-c2ccccc2Cl)n1. The molecule has 0 saturated heterocycles. The number of benzene rings is 2. The summed E-state index contributed by atoms with van der Waals surface area (Å²) in [6.07, 6.45) is 0.101. The Morgan fingerprint density at radius 2 is 2.12 bits per heavy atom. The summed E-state index contributed by atoms with van der Waals surface area (Å²) in [5.41, 5.74) is 1.91. The van der Waals surface area contributed by atoms with Crippen LogP contribution in [0.5, 0.6) is 5.75 Å². The second-order valence-electron chi connectivity index (χ2n) is 5.42. The predicted molar refractivity (Wildman–Crippen MR) is 102 cm³/mol. The molecule has 3 rings (SSSR count). The van der Waals surface area contributed by atoms with E-state index in [0.717, 1.165) is 10.6 Å². The molecule has 0 aliphatic carbocycles. The average Bonchev–Trinajstić information content (AvgIpc) is 3.06. The monoisotopic (exact) mass is 390 g/mol. The molecule has 4 nitrogen and oxygen atoms in total. The minimum atomic E-state index is -0.421. The van der Waals surface area contributed by atoms with Crippen molar-refractivity contribution in [1.82, 2.24) is 4.98 Å².